The van der Waals surface area contributed by atoms with Crippen LogP contribution in [0.15, 0.2) is 22.7 Å². The highest BCUT2D eigenvalue weighted by atomic mass is 79.9. The Kier molecular flexibility index (Phi) is 4.94. The number of aryl methyl sites for hydroxylation is 2. The van der Waals surface area contributed by atoms with Crippen LogP contribution in [-0.4, -0.2) is 27.5 Å². The maximum atomic E-state index is 10.9. The Labute approximate surface area is 149 Å². The summed E-state index contributed by atoms with van der Waals surface area (Å²) >= 11 is 3.53. The predicted molar refractivity (Wildman–Crippen MR) is 94.7 cm³/mol. The standard InChI is InChI=1S/C18H21BrN2O3/c1-11-18(19)12(2)21(20-11)7-8-24-15-5-6-16-13(9-15)3-4-14(16)10-17(22)23/h5-6,9,14H,3-4,7-8,10H2,1-2H3,(H,22,23)/t14-/m0/s1. The minimum Gasteiger partial charge on any atom is -0.492 e. The maximum absolute atomic E-state index is 10.9. The molecule has 0 fully saturated rings. The number of carboxylic acid groups (broad SMARTS) is 1. The van der Waals surface area contributed by atoms with Gasteiger partial charge in [-0.25, -0.2) is 0 Å². The Morgan fingerprint density at radius 2 is 2.25 bits per heavy atom. The van der Waals surface area contributed by atoms with Crippen LogP contribution in [0.2, 0.25) is 0 Å². The minimum absolute atomic E-state index is 0.138. The van der Waals surface area contributed by atoms with Crippen LogP contribution < -0.4 is 4.74 Å². The summed E-state index contributed by atoms with van der Waals surface area (Å²) in [4.78, 5) is 10.9. The van der Waals surface area contributed by atoms with Gasteiger partial charge >= 0.3 is 5.97 Å². The third kappa shape index (κ3) is 3.48. The fraction of sp³-hybridized carbons (Fsp3) is 0.444. The smallest absolute Gasteiger partial charge is 0.303 e. The number of fused-ring (bicyclic) bond motifs is 1. The number of aromatic nitrogens is 2. The summed E-state index contributed by atoms with van der Waals surface area (Å²) in [5.74, 6) is 0.244. The molecule has 0 saturated carbocycles. The third-order valence-corrected chi connectivity index (χ3v) is 5.75. The number of carboxylic acids is 1. The summed E-state index contributed by atoms with van der Waals surface area (Å²) in [6, 6.07) is 6.01. The summed E-state index contributed by atoms with van der Waals surface area (Å²) in [5.41, 5.74) is 4.45. The van der Waals surface area contributed by atoms with Crippen molar-refractivity contribution in [1.82, 2.24) is 9.78 Å². The maximum Gasteiger partial charge on any atom is 0.303 e. The number of rotatable bonds is 6. The first-order valence-corrected chi connectivity index (χ1v) is 8.92. The van der Waals surface area contributed by atoms with Gasteiger partial charge in [-0.3, -0.25) is 9.48 Å². The number of halogens is 1. The zero-order valence-electron chi connectivity index (χ0n) is 13.9. The molecular weight excluding hydrogens is 372 g/mol. The van der Waals surface area contributed by atoms with Crippen LogP contribution in [0.4, 0.5) is 0 Å². The summed E-state index contributed by atoms with van der Waals surface area (Å²) in [6.45, 7) is 5.24. The lowest BCUT2D eigenvalue weighted by Crippen LogP contribution is -2.11. The highest BCUT2D eigenvalue weighted by molar-refractivity contribution is 9.10. The second-order valence-electron chi connectivity index (χ2n) is 6.25. The van der Waals surface area contributed by atoms with Gasteiger partial charge in [-0.2, -0.15) is 5.10 Å². The molecule has 128 valence electrons. The lowest BCUT2D eigenvalue weighted by Gasteiger charge is -2.11. The van der Waals surface area contributed by atoms with E-state index in [9.17, 15) is 4.79 Å². The van der Waals surface area contributed by atoms with Gasteiger partial charge in [0.1, 0.15) is 12.4 Å². The molecule has 24 heavy (non-hydrogen) atoms. The number of benzene rings is 1. The predicted octanol–water partition coefficient (Wildman–Crippen LogP) is 3.85. The van der Waals surface area contributed by atoms with Crippen molar-refractivity contribution in [2.45, 2.75) is 45.6 Å². The lowest BCUT2D eigenvalue weighted by atomic mass is 9.98. The monoisotopic (exact) mass is 392 g/mol. The van der Waals surface area contributed by atoms with Crippen LogP contribution >= 0.6 is 15.9 Å². The molecular formula is C18H21BrN2O3. The van der Waals surface area contributed by atoms with E-state index in [4.69, 9.17) is 9.84 Å². The van der Waals surface area contributed by atoms with Gasteiger partial charge in [-0.1, -0.05) is 6.07 Å². The number of hydrogen-bond donors (Lipinski definition) is 1. The van der Waals surface area contributed by atoms with E-state index >= 15 is 0 Å². The minimum atomic E-state index is -0.732. The van der Waals surface area contributed by atoms with Crippen molar-refractivity contribution in [3.8, 4) is 5.75 Å². The Bertz CT molecular complexity index is 770. The van der Waals surface area contributed by atoms with Crippen molar-refractivity contribution in [2.24, 2.45) is 0 Å². The molecule has 1 N–H and O–H groups in total. The average Bonchev–Trinajstić information content (AvgIpc) is 3.03. The number of aliphatic carboxylic acids is 1. The molecule has 5 nitrogen and oxygen atoms in total. The first-order valence-electron chi connectivity index (χ1n) is 8.12. The molecule has 6 heteroatoms. The fourth-order valence-electron chi connectivity index (χ4n) is 3.34. The van der Waals surface area contributed by atoms with Crippen molar-refractivity contribution in [1.29, 1.82) is 0 Å². The van der Waals surface area contributed by atoms with Crippen LogP contribution in [-0.2, 0) is 17.8 Å². The van der Waals surface area contributed by atoms with E-state index in [1.54, 1.807) is 0 Å². The Morgan fingerprint density at radius 3 is 2.92 bits per heavy atom. The molecule has 3 rings (SSSR count). The average molecular weight is 393 g/mol. The van der Waals surface area contributed by atoms with Crippen LogP contribution in [0.1, 0.15) is 41.3 Å². The van der Waals surface area contributed by atoms with Gasteiger partial charge in [-0.15, -0.1) is 0 Å². The Balaban J connectivity index is 1.61. The highest BCUT2D eigenvalue weighted by Crippen LogP contribution is 2.37. The van der Waals surface area contributed by atoms with E-state index in [1.165, 1.54) is 5.56 Å². The molecule has 0 bridgehead atoms. The molecule has 1 atom stereocenters. The van der Waals surface area contributed by atoms with E-state index < -0.39 is 5.97 Å². The van der Waals surface area contributed by atoms with Gasteiger partial charge in [-0.05, 0) is 71.8 Å². The van der Waals surface area contributed by atoms with E-state index in [0.717, 1.165) is 40.0 Å². The van der Waals surface area contributed by atoms with Crippen molar-refractivity contribution >= 4 is 21.9 Å². The molecule has 0 unspecified atom stereocenters. The van der Waals surface area contributed by atoms with E-state index in [2.05, 4.69) is 21.0 Å². The number of ether oxygens (including phenoxy) is 1. The van der Waals surface area contributed by atoms with E-state index in [0.29, 0.717) is 13.2 Å². The molecule has 0 aliphatic heterocycles. The van der Waals surface area contributed by atoms with E-state index in [-0.39, 0.29) is 12.3 Å². The topological polar surface area (TPSA) is 64.4 Å². The first-order chi connectivity index (χ1) is 11.5. The molecule has 1 aliphatic carbocycles. The SMILES string of the molecule is Cc1nn(CCOc2ccc3c(c2)CC[C@H]3CC(=O)O)c(C)c1Br. The largest absolute Gasteiger partial charge is 0.492 e. The Morgan fingerprint density at radius 1 is 1.46 bits per heavy atom. The summed E-state index contributed by atoms with van der Waals surface area (Å²) < 4.78 is 8.85. The molecule has 0 amide bonds. The number of hydrogen-bond acceptors (Lipinski definition) is 3. The van der Waals surface area contributed by atoms with Crippen LogP contribution in [0.25, 0.3) is 0 Å². The quantitative estimate of drug-likeness (QED) is 0.810. The van der Waals surface area contributed by atoms with E-state index in [1.807, 2.05) is 36.7 Å². The zero-order chi connectivity index (χ0) is 17.3. The molecule has 1 aromatic heterocycles. The third-order valence-electron chi connectivity index (χ3n) is 4.60. The van der Waals surface area contributed by atoms with Crippen molar-refractivity contribution in [3.05, 3.63) is 45.2 Å². The lowest BCUT2D eigenvalue weighted by molar-refractivity contribution is -0.137. The van der Waals surface area contributed by atoms with Crippen molar-refractivity contribution < 1.29 is 14.6 Å². The zero-order valence-corrected chi connectivity index (χ0v) is 15.5. The van der Waals surface area contributed by atoms with Crippen molar-refractivity contribution in [2.75, 3.05) is 6.61 Å². The molecule has 0 spiro atoms. The first kappa shape index (κ1) is 17.0. The van der Waals surface area contributed by atoms with Gasteiger partial charge in [0.05, 0.1) is 23.1 Å². The van der Waals surface area contributed by atoms with Gasteiger partial charge < -0.3 is 9.84 Å². The van der Waals surface area contributed by atoms with Gasteiger partial charge in [0.2, 0.25) is 0 Å². The fourth-order valence-corrected chi connectivity index (χ4v) is 3.62. The highest BCUT2D eigenvalue weighted by Gasteiger charge is 2.24. The molecule has 1 heterocycles. The van der Waals surface area contributed by atoms with Crippen LogP contribution in [0, 0.1) is 13.8 Å². The molecule has 1 aliphatic rings. The van der Waals surface area contributed by atoms with Crippen LogP contribution in [0.5, 0.6) is 5.75 Å². The number of carbonyl (C=O) groups is 1. The molecule has 0 radical (unpaired) electrons. The molecule has 2 aromatic rings. The molecule has 0 saturated heterocycles. The summed E-state index contributed by atoms with van der Waals surface area (Å²) in [6.07, 6.45) is 2.04. The van der Waals surface area contributed by atoms with Crippen LogP contribution in [0.3, 0.4) is 0 Å². The second-order valence-corrected chi connectivity index (χ2v) is 7.04. The number of nitrogens with zero attached hydrogens (tertiary/aromatic N) is 2. The Hall–Kier alpha value is -1.82. The second kappa shape index (κ2) is 6.97. The van der Waals surface area contributed by atoms with Crippen molar-refractivity contribution in [3.63, 3.8) is 0 Å². The normalized spacial score (nSPS) is 16.2. The molecule has 1 aromatic carbocycles. The summed E-state index contributed by atoms with van der Waals surface area (Å²) in [7, 11) is 0. The van der Waals surface area contributed by atoms with Gasteiger partial charge in [0, 0.05) is 5.69 Å². The summed E-state index contributed by atoms with van der Waals surface area (Å²) in [5, 5.41) is 13.5. The van der Waals surface area contributed by atoms with Gasteiger partial charge in [0.15, 0.2) is 0 Å². The van der Waals surface area contributed by atoms with Gasteiger partial charge in [0.25, 0.3) is 0 Å².